The smallest absolute Gasteiger partial charge is 0.226 e. The van der Waals surface area contributed by atoms with Crippen LogP contribution in [0.1, 0.15) is 49.3 Å². The number of methoxy groups -OCH3 is 1. The molecule has 0 N–H and O–H groups in total. The number of ether oxygens (including phenoxy) is 1. The fourth-order valence-corrected chi connectivity index (χ4v) is 2.73. The zero-order chi connectivity index (χ0) is 14.5. The highest BCUT2D eigenvalue weighted by molar-refractivity contribution is 7.98. The minimum atomic E-state index is 0.271. The summed E-state index contributed by atoms with van der Waals surface area (Å²) >= 11 is 1.76. The zero-order valence-corrected chi connectivity index (χ0v) is 13.1. The van der Waals surface area contributed by atoms with Gasteiger partial charge in [0, 0.05) is 16.7 Å². The van der Waals surface area contributed by atoms with Gasteiger partial charge < -0.3 is 9.15 Å². The van der Waals surface area contributed by atoms with Gasteiger partial charge in [0.15, 0.2) is 0 Å². The van der Waals surface area contributed by atoms with Gasteiger partial charge in [-0.3, -0.25) is 0 Å². The van der Waals surface area contributed by atoms with Crippen molar-refractivity contribution in [1.29, 1.82) is 0 Å². The van der Waals surface area contributed by atoms with Crippen LogP contribution in [0.5, 0.6) is 5.75 Å². The van der Waals surface area contributed by atoms with E-state index < -0.39 is 0 Å². The molecule has 0 saturated carbocycles. The minimum Gasteiger partial charge on any atom is -0.496 e. The van der Waals surface area contributed by atoms with E-state index in [-0.39, 0.29) is 5.92 Å². The first-order valence-corrected chi connectivity index (χ1v) is 7.73. The van der Waals surface area contributed by atoms with E-state index in [9.17, 15) is 0 Å². The Bertz CT molecular complexity index is 554. The van der Waals surface area contributed by atoms with Crippen molar-refractivity contribution in [3.63, 3.8) is 0 Å². The fraction of sp³-hybridized carbons (Fsp3) is 0.467. The third kappa shape index (κ3) is 3.54. The highest BCUT2D eigenvalue weighted by atomic mass is 32.2. The van der Waals surface area contributed by atoms with E-state index >= 15 is 0 Å². The van der Waals surface area contributed by atoms with Crippen molar-refractivity contribution in [1.82, 2.24) is 10.2 Å². The number of hydrogen-bond donors (Lipinski definition) is 0. The number of para-hydroxylation sites is 1. The largest absolute Gasteiger partial charge is 0.496 e. The third-order valence-electron chi connectivity index (χ3n) is 3.01. The van der Waals surface area contributed by atoms with E-state index in [1.54, 1.807) is 18.9 Å². The molecule has 2 rings (SSSR count). The molecule has 5 heteroatoms. The van der Waals surface area contributed by atoms with E-state index in [0.717, 1.165) is 5.75 Å². The van der Waals surface area contributed by atoms with Crippen molar-refractivity contribution in [2.45, 2.75) is 37.7 Å². The number of benzene rings is 1. The van der Waals surface area contributed by atoms with Gasteiger partial charge in [0.2, 0.25) is 11.8 Å². The zero-order valence-electron chi connectivity index (χ0n) is 12.3. The second-order valence-corrected chi connectivity index (χ2v) is 6.21. The molecule has 0 aliphatic heterocycles. The fourth-order valence-electron chi connectivity index (χ4n) is 1.85. The van der Waals surface area contributed by atoms with E-state index in [4.69, 9.17) is 9.15 Å². The van der Waals surface area contributed by atoms with Crippen molar-refractivity contribution in [2.24, 2.45) is 0 Å². The van der Waals surface area contributed by atoms with Crippen LogP contribution in [0.15, 0.2) is 28.7 Å². The van der Waals surface area contributed by atoms with Crippen LogP contribution < -0.4 is 4.74 Å². The topological polar surface area (TPSA) is 48.2 Å². The van der Waals surface area contributed by atoms with Gasteiger partial charge in [0.05, 0.1) is 12.9 Å². The second-order valence-electron chi connectivity index (χ2n) is 4.88. The number of hydrogen-bond acceptors (Lipinski definition) is 5. The summed E-state index contributed by atoms with van der Waals surface area (Å²) < 4.78 is 11.0. The lowest BCUT2D eigenvalue weighted by molar-refractivity contribution is 0.410. The predicted octanol–water partition coefficient (Wildman–Crippen LogP) is 4.20. The van der Waals surface area contributed by atoms with Crippen molar-refractivity contribution in [3.8, 4) is 5.75 Å². The predicted molar refractivity (Wildman–Crippen MR) is 81.1 cm³/mol. The summed E-state index contributed by atoms with van der Waals surface area (Å²) in [5, 5.41) is 8.43. The van der Waals surface area contributed by atoms with Crippen LogP contribution in [0.2, 0.25) is 0 Å². The molecule has 0 aliphatic rings. The SMILES string of the molecule is COc1ccccc1[C@H](C)SCc1nnc(C(C)C)o1. The van der Waals surface area contributed by atoms with Gasteiger partial charge in [-0.05, 0) is 13.0 Å². The van der Waals surface area contributed by atoms with Crippen LogP contribution in [-0.4, -0.2) is 17.3 Å². The molecular formula is C15H20N2O2S. The first kappa shape index (κ1) is 14.9. The first-order valence-electron chi connectivity index (χ1n) is 6.68. The van der Waals surface area contributed by atoms with Crippen LogP contribution in [0, 0.1) is 0 Å². The Balaban J connectivity index is 1.99. The maximum Gasteiger partial charge on any atom is 0.226 e. The molecule has 2 aromatic rings. The van der Waals surface area contributed by atoms with Gasteiger partial charge >= 0.3 is 0 Å². The summed E-state index contributed by atoms with van der Waals surface area (Å²) in [6.45, 7) is 6.24. The van der Waals surface area contributed by atoms with Gasteiger partial charge in [0.25, 0.3) is 0 Å². The number of thioether (sulfide) groups is 1. The van der Waals surface area contributed by atoms with E-state index in [2.05, 4.69) is 23.2 Å². The summed E-state index contributed by atoms with van der Waals surface area (Å²) in [7, 11) is 1.70. The molecule has 1 aromatic carbocycles. The molecule has 1 aromatic heterocycles. The molecule has 0 fully saturated rings. The summed E-state index contributed by atoms with van der Waals surface area (Å²) in [6.07, 6.45) is 0. The Labute approximate surface area is 123 Å². The Hall–Kier alpha value is -1.49. The standard InChI is InChI=1S/C15H20N2O2S/c1-10(2)15-17-16-14(19-15)9-20-11(3)12-7-5-6-8-13(12)18-4/h5-8,10-11H,9H2,1-4H3/t11-/m0/s1. The number of aromatic nitrogens is 2. The van der Waals surface area contributed by atoms with E-state index in [0.29, 0.717) is 22.8 Å². The summed E-state index contributed by atoms with van der Waals surface area (Å²) in [5.74, 6) is 3.28. The molecular weight excluding hydrogens is 272 g/mol. The minimum absolute atomic E-state index is 0.271. The van der Waals surface area contributed by atoms with Crippen LogP contribution in [0.3, 0.4) is 0 Å². The summed E-state index contributed by atoms with van der Waals surface area (Å²) in [4.78, 5) is 0. The molecule has 4 nitrogen and oxygen atoms in total. The molecule has 0 radical (unpaired) electrons. The number of nitrogens with zero attached hydrogens (tertiary/aromatic N) is 2. The highest BCUT2D eigenvalue weighted by Crippen LogP contribution is 2.36. The molecule has 20 heavy (non-hydrogen) atoms. The average Bonchev–Trinajstić information content (AvgIpc) is 2.94. The van der Waals surface area contributed by atoms with Gasteiger partial charge in [-0.1, -0.05) is 32.0 Å². The molecule has 1 atom stereocenters. The monoisotopic (exact) mass is 292 g/mol. The van der Waals surface area contributed by atoms with Crippen molar-refractivity contribution in [2.75, 3.05) is 7.11 Å². The molecule has 1 heterocycles. The van der Waals surface area contributed by atoms with Gasteiger partial charge in [-0.25, -0.2) is 0 Å². The quantitative estimate of drug-likeness (QED) is 0.798. The second kappa shape index (κ2) is 6.79. The Morgan fingerprint density at radius 2 is 1.95 bits per heavy atom. The lowest BCUT2D eigenvalue weighted by atomic mass is 10.1. The summed E-state index contributed by atoms with van der Waals surface area (Å²) in [6, 6.07) is 8.07. The van der Waals surface area contributed by atoms with Crippen LogP contribution >= 0.6 is 11.8 Å². The van der Waals surface area contributed by atoms with E-state index in [1.165, 1.54) is 5.56 Å². The van der Waals surface area contributed by atoms with Gasteiger partial charge in [0.1, 0.15) is 5.75 Å². The van der Waals surface area contributed by atoms with Gasteiger partial charge in [-0.15, -0.1) is 22.0 Å². The first-order chi connectivity index (χ1) is 9.61. The lowest BCUT2D eigenvalue weighted by Gasteiger charge is -2.14. The summed E-state index contributed by atoms with van der Waals surface area (Å²) in [5.41, 5.74) is 1.18. The third-order valence-corrected chi connectivity index (χ3v) is 4.18. The molecule has 0 saturated heterocycles. The molecule has 0 amide bonds. The van der Waals surface area contributed by atoms with Crippen LogP contribution in [0.25, 0.3) is 0 Å². The number of rotatable bonds is 6. The molecule has 0 aliphatic carbocycles. The van der Waals surface area contributed by atoms with Crippen LogP contribution in [-0.2, 0) is 5.75 Å². The molecule has 0 unspecified atom stereocenters. The van der Waals surface area contributed by atoms with Crippen molar-refractivity contribution < 1.29 is 9.15 Å². The molecule has 0 spiro atoms. The Morgan fingerprint density at radius 3 is 2.60 bits per heavy atom. The average molecular weight is 292 g/mol. The molecule has 108 valence electrons. The maximum absolute atomic E-state index is 5.61. The lowest BCUT2D eigenvalue weighted by Crippen LogP contribution is -1.95. The normalized spacial score (nSPS) is 12.7. The maximum atomic E-state index is 5.61. The van der Waals surface area contributed by atoms with E-state index in [1.807, 2.05) is 32.0 Å². The van der Waals surface area contributed by atoms with Crippen LogP contribution in [0.4, 0.5) is 0 Å². The molecule has 0 bridgehead atoms. The Morgan fingerprint density at radius 1 is 1.20 bits per heavy atom. The van der Waals surface area contributed by atoms with Gasteiger partial charge in [-0.2, -0.15) is 0 Å². The Kier molecular flexibility index (Phi) is 5.06. The van der Waals surface area contributed by atoms with Crippen molar-refractivity contribution >= 4 is 11.8 Å². The van der Waals surface area contributed by atoms with Crippen molar-refractivity contribution in [3.05, 3.63) is 41.6 Å². The highest BCUT2D eigenvalue weighted by Gasteiger charge is 2.14.